The number of likely N-dealkylation sites (N-methyl/N-ethyl adjacent to an activating group) is 1. The second kappa shape index (κ2) is 9.15. The highest BCUT2D eigenvalue weighted by atomic mass is 32.2. The van der Waals surface area contributed by atoms with E-state index in [0.717, 1.165) is 6.54 Å². The molecule has 166 valence electrons. The second-order valence-electron chi connectivity index (χ2n) is 7.02. The van der Waals surface area contributed by atoms with Crippen molar-refractivity contribution in [3.63, 3.8) is 0 Å². The van der Waals surface area contributed by atoms with E-state index in [1.807, 2.05) is 19.0 Å². The number of ether oxygens (including phenoxy) is 1. The van der Waals surface area contributed by atoms with Crippen LogP contribution in [0.2, 0.25) is 0 Å². The number of aromatic nitrogens is 6. The number of carbonyl (C=O) groups excluding carboxylic acids is 1. The normalized spacial score (nSPS) is 20.6. The molecule has 0 aliphatic carbocycles. The predicted octanol–water partition coefficient (Wildman–Crippen LogP) is 0.352. The molecule has 1 amide bonds. The standard InChI is InChI=1S/C16H21N9O4S2/c1-23(2)5-6-24-15(20-21-22-24)31-8-9-7-30-13-10(19-14-17-3-4-18-14)11(26)25(13)12(9)29-16(27)28/h3-4,10,13H,5-8H2,1-2H3,(H,27,28)(H2,17,18,19)/t10?,13-/m0/s1. The summed E-state index contributed by atoms with van der Waals surface area (Å²) in [6.45, 7) is 1.40. The molecule has 0 spiro atoms. The summed E-state index contributed by atoms with van der Waals surface area (Å²) in [4.78, 5) is 34.4. The molecule has 2 aromatic heterocycles. The van der Waals surface area contributed by atoms with Gasteiger partial charge >= 0.3 is 6.16 Å². The molecule has 1 fully saturated rings. The summed E-state index contributed by atoms with van der Waals surface area (Å²) in [7, 11) is 3.93. The number of hydrogen-bond acceptors (Lipinski definition) is 11. The summed E-state index contributed by atoms with van der Waals surface area (Å²) in [6.07, 6.45) is 1.77. The van der Waals surface area contributed by atoms with Crippen molar-refractivity contribution in [1.29, 1.82) is 0 Å². The van der Waals surface area contributed by atoms with Gasteiger partial charge in [0.2, 0.25) is 17.0 Å². The predicted molar refractivity (Wildman–Crippen MR) is 112 cm³/mol. The molecule has 2 aromatic rings. The van der Waals surface area contributed by atoms with Crippen molar-refractivity contribution < 1.29 is 19.4 Å². The molecular weight excluding hydrogens is 446 g/mol. The van der Waals surface area contributed by atoms with Gasteiger partial charge in [0.1, 0.15) is 11.4 Å². The number of rotatable bonds is 9. The van der Waals surface area contributed by atoms with Gasteiger partial charge in [-0.25, -0.2) is 14.5 Å². The minimum atomic E-state index is -1.46. The number of aromatic amines is 1. The SMILES string of the molecule is CN(C)CCn1nnnc1SCC1=C(OC(=O)O)N2C(=O)C(Nc3ncc[nH]3)[C@@H]2SC1. The molecule has 13 nitrogen and oxygen atoms in total. The van der Waals surface area contributed by atoms with Crippen LogP contribution in [0.3, 0.4) is 0 Å². The van der Waals surface area contributed by atoms with Crippen molar-refractivity contribution in [2.24, 2.45) is 0 Å². The zero-order valence-corrected chi connectivity index (χ0v) is 18.4. The maximum absolute atomic E-state index is 12.7. The highest BCUT2D eigenvalue weighted by molar-refractivity contribution is 8.01. The Labute approximate surface area is 185 Å². The first-order valence-electron chi connectivity index (χ1n) is 9.31. The summed E-state index contributed by atoms with van der Waals surface area (Å²) in [5.41, 5.74) is 0.695. The Hall–Kier alpha value is -2.78. The molecule has 3 N–H and O–H groups in total. The lowest BCUT2D eigenvalue weighted by Crippen LogP contribution is -2.67. The minimum Gasteiger partial charge on any atom is -0.449 e. The van der Waals surface area contributed by atoms with Crippen LogP contribution in [-0.2, 0) is 16.1 Å². The van der Waals surface area contributed by atoms with E-state index in [0.29, 0.717) is 34.7 Å². The maximum atomic E-state index is 12.7. The minimum absolute atomic E-state index is 0.0681. The molecule has 0 bridgehead atoms. The zero-order valence-electron chi connectivity index (χ0n) is 16.8. The first-order valence-corrected chi connectivity index (χ1v) is 11.3. The summed E-state index contributed by atoms with van der Waals surface area (Å²) in [5.74, 6) is 1.18. The lowest BCUT2D eigenvalue weighted by atomic mass is 10.1. The van der Waals surface area contributed by atoms with Gasteiger partial charge in [-0.1, -0.05) is 11.8 Å². The van der Waals surface area contributed by atoms with Gasteiger partial charge in [0.15, 0.2) is 0 Å². The van der Waals surface area contributed by atoms with Crippen LogP contribution in [0.4, 0.5) is 10.7 Å². The Morgan fingerprint density at radius 3 is 3.06 bits per heavy atom. The Kier molecular flexibility index (Phi) is 6.33. The van der Waals surface area contributed by atoms with E-state index in [1.165, 1.54) is 28.4 Å². The number of nitrogens with zero attached hydrogens (tertiary/aromatic N) is 7. The molecule has 2 aliphatic rings. The number of β-lactam (4-membered cyclic amide) rings is 1. The Morgan fingerprint density at radius 1 is 1.52 bits per heavy atom. The number of thioether (sulfide) groups is 2. The van der Waals surface area contributed by atoms with Crippen LogP contribution in [0.15, 0.2) is 29.0 Å². The van der Waals surface area contributed by atoms with Crippen LogP contribution in [0.1, 0.15) is 0 Å². The van der Waals surface area contributed by atoms with Crippen LogP contribution in [-0.4, -0.2) is 101 Å². The second-order valence-corrected chi connectivity index (χ2v) is 9.07. The van der Waals surface area contributed by atoms with Crippen LogP contribution in [0.25, 0.3) is 0 Å². The Bertz CT molecular complexity index is 978. The van der Waals surface area contributed by atoms with E-state index in [4.69, 9.17) is 4.74 Å². The van der Waals surface area contributed by atoms with Gasteiger partial charge in [0.25, 0.3) is 5.91 Å². The van der Waals surface area contributed by atoms with E-state index in [-0.39, 0.29) is 17.2 Å². The van der Waals surface area contributed by atoms with E-state index in [1.54, 1.807) is 17.1 Å². The number of fused-ring (bicyclic) bond motifs is 1. The lowest BCUT2D eigenvalue weighted by molar-refractivity contribution is -0.143. The smallest absolute Gasteiger partial charge is 0.449 e. The van der Waals surface area contributed by atoms with Crippen molar-refractivity contribution in [2.45, 2.75) is 23.1 Å². The molecule has 15 heteroatoms. The molecule has 2 aliphatic heterocycles. The fourth-order valence-corrected chi connectivity index (χ4v) is 5.44. The number of anilines is 1. The molecule has 4 rings (SSSR count). The van der Waals surface area contributed by atoms with Crippen LogP contribution in [0.5, 0.6) is 0 Å². The fourth-order valence-electron chi connectivity index (χ4n) is 3.09. The molecule has 1 saturated heterocycles. The van der Waals surface area contributed by atoms with Crippen LogP contribution < -0.4 is 5.32 Å². The molecular formula is C16H21N9O4S2. The van der Waals surface area contributed by atoms with Crippen molar-refractivity contribution in [3.05, 3.63) is 23.8 Å². The third kappa shape index (κ3) is 4.62. The van der Waals surface area contributed by atoms with Crippen molar-refractivity contribution in [1.82, 2.24) is 40.0 Å². The third-order valence-electron chi connectivity index (χ3n) is 4.60. The quantitative estimate of drug-likeness (QED) is 0.265. The number of imidazole rings is 1. The summed E-state index contributed by atoms with van der Waals surface area (Å²) in [6, 6.07) is -0.518. The Balaban J connectivity index is 1.47. The number of hydrogen-bond donors (Lipinski definition) is 3. The number of nitrogens with one attached hydrogen (secondary N) is 2. The van der Waals surface area contributed by atoms with Gasteiger partial charge in [0.05, 0.1) is 6.54 Å². The highest BCUT2D eigenvalue weighted by Crippen LogP contribution is 2.42. The topological polar surface area (TPSA) is 154 Å². The number of carboxylic acid groups (broad SMARTS) is 1. The van der Waals surface area contributed by atoms with E-state index in [9.17, 15) is 14.7 Å². The first-order chi connectivity index (χ1) is 14.9. The van der Waals surface area contributed by atoms with Gasteiger partial charge in [-0.05, 0) is 24.5 Å². The summed E-state index contributed by atoms with van der Waals surface area (Å²) in [5, 5.41) is 24.3. The average molecular weight is 468 g/mol. The number of tetrazole rings is 1. The Morgan fingerprint density at radius 2 is 2.35 bits per heavy atom. The molecule has 0 saturated carbocycles. The number of H-pyrrole nitrogens is 1. The zero-order chi connectivity index (χ0) is 22.0. The third-order valence-corrected chi connectivity index (χ3v) is 6.98. The van der Waals surface area contributed by atoms with E-state index < -0.39 is 12.2 Å². The van der Waals surface area contributed by atoms with Gasteiger partial charge in [-0.2, -0.15) is 0 Å². The van der Waals surface area contributed by atoms with Gasteiger partial charge in [0, 0.05) is 36.0 Å². The van der Waals surface area contributed by atoms with Crippen molar-refractivity contribution >= 4 is 41.5 Å². The molecule has 1 unspecified atom stereocenters. The number of amides is 1. The van der Waals surface area contributed by atoms with E-state index >= 15 is 0 Å². The molecule has 0 aromatic carbocycles. The molecule has 31 heavy (non-hydrogen) atoms. The first kappa shape index (κ1) is 21.5. The average Bonchev–Trinajstić information content (AvgIpc) is 3.40. The number of carbonyl (C=O) groups is 2. The summed E-state index contributed by atoms with van der Waals surface area (Å²) < 4.78 is 6.72. The maximum Gasteiger partial charge on any atom is 0.512 e. The van der Waals surface area contributed by atoms with Gasteiger partial charge < -0.3 is 25.0 Å². The van der Waals surface area contributed by atoms with Gasteiger partial charge in [-0.15, -0.1) is 16.9 Å². The van der Waals surface area contributed by atoms with Crippen molar-refractivity contribution in [2.75, 3.05) is 37.5 Å². The largest absolute Gasteiger partial charge is 0.512 e. The lowest BCUT2D eigenvalue weighted by Gasteiger charge is -2.49. The fraction of sp³-hybridized carbons (Fsp3) is 0.500. The highest BCUT2D eigenvalue weighted by Gasteiger charge is 2.53. The van der Waals surface area contributed by atoms with Gasteiger partial charge in [-0.3, -0.25) is 9.69 Å². The van der Waals surface area contributed by atoms with E-state index in [2.05, 4.69) is 30.8 Å². The monoisotopic (exact) mass is 467 g/mol. The summed E-state index contributed by atoms with van der Waals surface area (Å²) >= 11 is 2.90. The molecule has 2 atom stereocenters. The van der Waals surface area contributed by atoms with Crippen LogP contribution in [0, 0.1) is 0 Å². The molecule has 0 radical (unpaired) electrons. The molecule has 4 heterocycles. The van der Waals surface area contributed by atoms with Crippen LogP contribution >= 0.6 is 23.5 Å². The van der Waals surface area contributed by atoms with Crippen molar-refractivity contribution in [3.8, 4) is 0 Å².